The first-order chi connectivity index (χ1) is 17.0. The van der Waals surface area contributed by atoms with Gasteiger partial charge in [-0.05, 0) is 19.1 Å². The van der Waals surface area contributed by atoms with E-state index in [1.807, 2.05) is 20.8 Å². The molecule has 37 heavy (non-hydrogen) atoms. The number of fused-ring (bicyclic) bond motifs is 1. The summed E-state index contributed by atoms with van der Waals surface area (Å²) in [6.45, 7) is 7.11. The van der Waals surface area contributed by atoms with Crippen molar-refractivity contribution in [2.24, 2.45) is 7.05 Å². The van der Waals surface area contributed by atoms with Crippen molar-refractivity contribution in [2.45, 2.75) is 51.6 Å². The number of rotatable bonds is 3. The molecule has 4 rings (SSSR count). The predicted octanol–water partition coefficient (Wildman–Crippen LogP) is 5.45. The highest BCUT2D eigenvalue weighted by Crippen LogP contribution is 2.44. The van der Waals surface area contributed by atoms with Gasteiger partial charge in [-0.25, -0.2) is 14.8 Å². The Kier molecular flexibility index (Phi) is 6.12. The van der Waals surface area contributed by atoms with Gasteiger partial charge in [0, 0.05) is 18.0 Å². The summed E-state index contributed by atoms with van der Waals surface area (Å²) in [5.74, 6) is -3.26. The molecule has 0 bridgehead atoms. The van der Waals surface area contributed by atoms with Crippen LogP contribution in [-0.4, -0.2) is 31.9 Å². The lowest BCUT2D eigenvalue weighted by Gasteiger charge is -2.24. The molecule has 0 spiro atoms. The molecule has 0 saturated heterocycles. The lowest BCUT2D eigenvalue weighted by Crippen LogP contribution is -2.37. The van der Waals surface area contributed by atoms with Crippen molar-refractivity contribution >= 4 is 17.5 Å². The molecule has 1 aliphatic heterocycles. The predicted molar refractivity (Wildman–Crippen MR) is 120 cm³/mol. The second-order valence-electron chi connectivity index (χ2n) is 9.45. The maximum Gasteiger partial charge on any atom is 0.493 e. The maximum atomic E-state index is 13.6. The van der Waals surface area contributed by atoms with Crippen LogP contribution in [0.2, 0.25) is 0 Å². The number of aryl methyl sites for hydroxylation is 2. The summed E-state index contributed by atoms with van der Waals surface area (Å²) in [6, 6.07) is 6.15. The molecule has 0 amide bonds. The number of anilines is 2. The van der Waals surface area contributed by atoms with Gasteiger partial charge in [0.1, 0.15) is 5.69 Å². The number of nitrogens with zero attached hydrogens (tertiary/aromatic N) is 5. The average molecular weight is 528 g/mol. The number of aromatic nitrogens is 4. The Hall–Kier alpha value is -3.84. The first-order valence-electron chi connectivity index (χ1n) is 10.9. The normalized spacial score (nSPS) is 16.0. The second kappa shape index (κ2) is 8.63. The van der Waals surface area contributed by atoms with Gasteiger partial charge in [-0.1, -0.05) is 39.0 Å². The quantitative estimate of drug-likeness (QED) is 0.453. The van der Waals surface area contributed by atoms with Gasteiger partial charge in [-0.3, -0.25) is 4.68 Å². The summed E-state index contributed by atoms with van der Waals surface area (Å²) >= 11 is 0. The number of benzene rings is 1. The van der Waals surface area contributed by atoms with Crippen LogP contribution in [0.15, 0.2) is 30.3 Å². The third kappa shape index (κ3) is 4.91. The van der Waals surface area contributed by atoms with E-state index >= 15 is 0 Å². The van der Waals surface area contributed by atoms with Gasteiger partial charge in [0.15, 0.2) is 17.8 Å². The van der Waals surface area contributed by atoms with Crippen LogP contribution in [0.4, 0.5) is 37.8 Å². The highest BCUT2D eigenvalue weighted by molar-refractivity contribution is 5.81. The Morgan fingerprint density at radius 3 is 2.27 bits per heavy atom. The van der Waals surface area contributed by atoms with Crippen LogP contribution in [-0.2, 0) is 28.3 Å². The highest BCUT2D eigenvalue weighted by atomic mass is 19.4. The first-order valence-corrected chi connectivity index (χ1v) is 10.9. The van der Waals surface area contributed by atoms with Crippen molar-refractivity contribution in [1.29, 1.82) is 0 Å². The fourth-order valence-electron chi connectivity index (χ4n) is 3.78. The van der Waals surface area contributed by atoms with Gasteiger partial charge >= 0.3 is 18.3 Å². The van der Waals surface area contributed by atoms with E-state index in [-0.39, 0.29) is 22.8 Å². The Morgan fingerprint density at radius 1 is 1.05 bits per heavy atom. The van der Waals surface area contributed by atoms with Crippen LogP contribution in [0, 0.1) is 6.92 Å². The average Bonchev–Trinajstić information content (AvgIpc) is 3.33. The fourth-order valence-corrected chi connectivity index (χ4v) is 3.78. The number of alkyl halides is 6. The summed E-state index contributed by atoms with van der Waals surface area (Å²) in [6.07, 6.45) is -11.3. The molecule has 1 aliphatic rings. The van der Waals surface area contributed by atoms with Crippen LogP contribution < -0.4 is 10.4 Å². The van der Waals surface area contributed by atoms with E-state index in [9.17, 15) is 31.1 Å². The summed E-state index contributed by atoms with van der Waals surface area (Å²) in [7, 11) is 1.56. The van der Waals surface area contributed by atoms with Gasteiger partial charge in [0.25, 0.3) is 0 Å². The Morgan fingerprint density at radius 2 is 1.70 bits per heavy atom. The number of hydroxylamine groups is 1. The maximum absolute atomic E-state index is 13.6. The number of hydrogen-bond donors (Lipinski definition) is 1. The summed E-state index contributed by atoms with van der Waals surface area (Å²) < 4.78 is 81.8. The molecule has 198 valence electrons. The SMILES string of the molecule is Cc1nc(-c2ccccc2C(F)(F)F)nc2c1NC(c1cc(C(C)(C)C)nn1C)N2OC(=O)C(F)(F)F. The van der Waals surface area contributed by atoms with Crippen molar-refractivity contribution in [1.82, 2.24) is 19.7 Å². The van der Waals surface area contributed by atoms with E-state index in [4.69, 9.17) is 4.84 Å². The molecule has 3 aromatic rings. The van der Waals surface area contributed by atoms with E-state index in [0.717, 1.165) is 12.1 Å². The Bertz CT molecular complexity index is 1360. The van der Waals surface area contributed by atoms with E-state index in [1.165, 1.54) is 23.7 Å². The van der Waals surface area contributed by atoms with E-state index in [1.54, 1.807) is 13.1 Å². The van der Waals surface area contributed by atoms with E-state index in [2.05, 4.69) is 20.4 Å². The fraction of sp³-hybridized carbons (Fsp3) is 0.391. The smallest absolute Gasteiger partial charge is 0.353 e. The molecule has 0 radical (unpaired) electrons. The standard InChI is InChI=1S/C23H22F6N6O2/c1-11-16-19(32-17(30-11)12-8-6-7-9-13(12)22(24,25)26)35(37-20(36)23(27,28)29)18(31-16)14-10-15(21(2,3)4)33-34(14)5/h6-10,18,31H,1-5H3. The zero-order valence-electron chi connectivity index (χ0n) is 20.3. The second-order valence-corrected chi connectivity index (χ2v) is 9.45. The molecule has 1 atom stereocenters. The molecule has 8 nitrogen and oxygen atoms in total. The third-order valence-corrected chi connectivity index (χ3v) is 5.65. The summed E-state index contributed by atoms with van der Waals surface area (Å²) in [5, 5.41) is 7.92. The molecule has 0 aliphatic carbocycles. The number of carbonyl (C=O) groups is 1. The molecule has 2 aromatic heterocycles. The van der Waals surface area contributed by atoms with Crippen LogP contribution >= 0.6 is 0 Å². The minimum absolute atomic E-state index is 0.0896. The van der Waals surface area contributed by atoms with Crippen molar-refractivity contribution < 1.29 is 36.0 Å². The number of carbonyl (C=O) groups excluding carboxylic acids is 1. The monoisotopic (exact) mass is 528 g/mol. The van der Waals surface area contributed by atoms with Crippen LogP contribution in [0.1, 0.15) is 49.6 Å². The molecule has 1 unspecified atom stereocenters. The largest absolute Gasteiger partial charge is 0.493 e. The first kappa shape index (κ1) is 26.2. The third-order valence-electron chi connectivity index (χ3n) is 5.65. The molecule has 0 fully saturated rings. The van der Waals surface area contributed by atoms with Gasteiger partial charge in [0.2, 0.25) is 0 Å². The lowest BCUT2D eigenvalue weighted by atomic mass is 9.92. The molecule has 14 heteroatoms. The summed E-state index contributed by atoms with van der Waals surface area (Å²) in [4.78, 5) is 24.8. The molecule has 1 aromatic carbocycles. The van der Waals surface area contributed by atoms with Gasteiger partial charge in [0.05, 0.1) is 22.6 Å². The lowest BCUT2D eigenvalue weighted by molar-refractivity contribution is -0.201. The highest BCUT2D eigenvalue weighted by Gasteiger charge is 2.47. The Balaban J connectivity index is 1.88. The van der Waals surface area contributed by atoms with Gasteiger partial charge < -0.3 is 10.2 Å². The van der Waals surface area contributed by atoms with Crippen molar-refractivity contribution in [2.75, 3.05) is 10.4 Å². The van der Waals surface area contributed by atoms with Gasteiger partial charge in [-0.2, -0.15) is 36.5 Å². The molecule has 1 N–H and O–H groups in total. The molecule has 0 saturated carbocycles. The zero-order valence-corrected chi connectivity index (χ0v) is 20.3. The van der Waals surface area contributed by atoms with Crippen molar-refractivity contribution in [3.05, 3.63) is 53.0 Å². The van der Waals surface area contributed by atoms with Crippen LogP contribution in [0.5, 0.6) is 0 Å². The van der Waals surface area contributed by atoms with Crippen LogP contribution in [0.25, 0.3) is 11.4 Å². The Labute approximate surface area is 207 Å². The molecular formula is C23H22F6N6O2. The summed E-state index contributed by atoms with van der Waals surface area (Å²) in [5.41, 5.74) is -0.697. The number of nitrogens with one attached hydrogen (secondary N) is 1. The minimum Gasteiger partial charge on any atom is -0.353 e. The van der Waals surface area contributed by atoms with Crippen molar-refractivity contribution in [3.8, 4) is 11.4 Å². The topological polar surface area (TPSA) is 85.2 Å². The van der Waals surface area contributed by atoms with E-state index < -0.39 is 41.3 Å². The minimum atomic E-state index is -5.34. The molecular weight excluding hydrogens is 506 g/mol. The number of hydrogen-bond acceptors (Lipinski definition) is 7. The van der Waals surface area contributed by atoms with E-state index in [0.29, 0.717) is 16.5 Å². The number of halogens is 6. The van der Waals surface area contributed by atoms with Gasteiger partial charge in [-0.15, -0.1) is 0 Å². The van der Waals surface area contributed by atoms with Crippen molar-refractivity contribution in [3.63, 3.8) is 0 Å². The zero-order chi connectivity index (χ0) is 27.5. The van der Waals surface area contributed by atoms with Crippen LogP contribution in [0.3, 0.4) is 0 Å². The molecule has 3 heterocycles.